The third-order valence-corrected chi connectivity index (χ3v) is 4.79. The van der Waals surface area contributed by atoms with Crippen molar-refractivity contribution in [2.45, 2.75) is 18.4 Å². The van der Waals surface area contributed by atoms with E-state index >= 15 is 0 Å². The Morgan fingerprint density at radius 2 is 1.83 bits per heavy atom. The molecule has 3 N–H and O–H groups in total. The Morgan fingerprint density at radius 3 is 2.38 bits per heavy atom. The lowest BCUT2D eigenvalue weighted by molar-refractivity contribution is -0.385. The van der Waals surface area contributed by atoms with Gasteiger partial charge in [0.05, 0.1) is 9.82 Å². The molecule has 0 spiro atoms. The van der Waals surface area contributed by atoms with E-state index in [0.717, 1.165) is 6.07 Å². The molecule has 0 fully saturated rings. The lowest BCUT2D eigenvalue weighted by atomic mass is 10.1. The number of rotatable bonds is 6. The van der Waals surface area contributed by atoms with Crippen molar-refractivity contribution >= 4 is 21.6 Å². The molecule has 0 aromatic heterocycles. The topological polar surface area (TPSA) is 132 Å². The van der Waals surface area contributed by atoms with Crippen molar-refractivity contribution in [3.05, 3.63) is 69.3 Å². The highest BCUT2D eigenvalue weighted by Crippen LogP contribution is 2.22. The van der Waals surface area contributed by atoms with Gasteiger partial charge in [-0.3, -0.25) is 14.9 Å². The fourth-order valence-corrected chi connectivity index (χ4v) is 3.04. The summed E-state index contributed by atoms with van der Waals surface area (Å²) >= 11 is 0. The number of carbonyl (C=O) groups excluding carboxylic acids is 1. The van der Waals surface area contributed by atoms with Crippen molar-refractivity contribution in [1.82, 2.24) is 4.72 Å². The minimum absolute atomic E-state index is 0.0248. The van der Waals surface area contributed by atoms with E-state index in [1.807, 2.05) is 0 Å². The van der Waals surface area contributed by atoms with Crippen molar-refractivity contribution in [1.29, 1.82) is 0 Å². The molecule has 0 saturated carbocycles. The van der Waals surface area contributed by atoms with Gasteiger partial charge in [-0.25, -0.2) is 13.1 Å². The Hall–Kier alpha value is -2.78. The molecule has 0 unspecified atom stereocenters. The van der Waals surface area contributed by atoms with Crippen LogP contribution in [0.15, 0.2) is 47.4 Å². The summed E-state index contributed by atoms with van der Waals surface area (Å²) in [5.74, 6) is -0.575. The highest BCUT2D eigenvalue weighted by Gasteiger charge is 2.19. The molecule has 0 saturated heterocycles. The number of nitro benzene ring substituents is 1. The smallest absolute Gasteiger partial charge is 0.273 e. The van der Waals surface area contributed by atoms with Crippen LogP contribution >= 0.6 is 0 Å². The lowest BCUT2D eigenvalue weighted by Crippen LogP contribution is -2.23. The summed E-state index contributed by atoms with van der Waals surface area (Å²) < 4.78 is 26.9. The van der Waals surface area contributed by atoms with E-state index in [-0.39, 0.29) is 17.1 Å². The molecule has 0 aliphatic heterocycles. The largest absolute Gasteiger partial charge is 0.366 e. The Morgan fingerprint density at radius 1 is 1.21 bits per heavy atom. The highest BCUT2D eigenvalue weighted by atomic mass is 32.2. The number of sulfonamides is 1. The summed E-state index contributed by atoms with van der Waals surface area (Å²) in [6, 6.07) is 9.83. The molecular formula is C15H15N3O5S. The SMILES string of the molecule is Cc1ccc(S(=O)(=O)NCc2ccc(C(N)=O)cc2)cc1[N+](=O)[O-]. The number of nitro groups is 1. The van der Waals surface area contributed by atoms with Crippen molar-refractivity contribution < 1.29 is 18.1 Å². The second-order valence-corrected chi connectivity index (χ2v) is 6.86. The van der Waals surface area contributed by atoms with Crippen molar-refractivity contribution in [3.8, 4) is 0 Å². The van der Waals surface area contributed by atoms with Crippen molar-refractivity contribution in [3.63, 3.8) is 0 Å². The number of amides is 1. The molecular weight excluding hydrogens is 334 g/mol. The van der Waals surface area contributed by atoms with E-state index in [1.165, 1.54) is 31.2 Å². The van der Waals surface area contributed by atoms with Crippen LogP contribution in [0.25, 0.3) is 0 Å². The van der Waals surface area contributed by atoms with Gasteiger partial charge in [-0.1, -0.05) is 18.2 Å². The Labute approximate surface area is 138 Å². The molecule has 2 aromatic carbocycles. The van der Waals surface area contributed by atoms with Gasteiger partial charge in [0.15, 0.2) is 0 Å². The van der Waals surface area contributed by atoms with E-state index in [2.05, 4.69) is 4.72 Å². The molecule has 2 aromatic rings. The van der Waals surface area contributed by atoms with Gasteiger partial charge < -0.3 is 5.73 Å². The molecule has 0 atom stereocenters. The summed E-state index contributed by atoms with van der Waals surface area (Å²) in [4.78, 5) is 21.1. The minimum Gasteiger partial charge on any atom is -0.366 e. The predicted octanol–water partition coefficient (Wildman–Crippen LogP) is 1.48. The van der Waals surface area contributed by atoms with Gasteiger partial charge in [-0.15, -0.1) is 0 Å². The maximum atomic E-state index is 12.3. The number of nitrogens with zero attached hydrogens (tertiary/aromatic N) is 1. The van der Waals surface area contributed by atoms with Gasteiger partial charge in [0, 0.05) is 23.7 Å². The molecule has 24 heavy (non-hydrogen) atoms. The zero-order valence-electron chi connectivity index (χ0n) is 12.7. The van der Waals surface area contributed by atoms with Crippen LogP contribution in [0, 0.1) is 17.0 Å². The van der Waals surface area contributed by atoms with Crippen LogP contribution in [0.4, 0.5) is 5.69 Å². The average Bonchev–Trinajstić information content (AvgIpc) is 2.53. The second-order valence-electron chi connectivity index (χ2n) is 5.09. The first-order valence-electron chi connectivity index (χ1n) is 6.84. The van der Waals surface area contributed by atoms with Gasteiger partial charge in [0.25, 0.3) is 5.69 Å². The Kier molecular flexibility index (Phi) is 4.96. The molecule has 0 radical (unpaired) electrons. The van der Waals surface area contributed by atoms with Crippen LogP contribution in [-0.4, -0.2) is 19.2 Å². The number of nitrogens with one attached hydrogen (secondary N) is 1. The molecule has 2 rings (SSSR count). The number of primary amides is 1. The van der Waals surface area contributed by atoms with Crippen LogP contribution in [0.2, 0.25) is 0 Å². The summed E-state index contributed by atoms with van der Waals surface area (Å²) in [5.41, 5.74) is 6.18. The first-order valence-corrected chi connectivity index (χ1v) is 8.32. The number of nitrogens with two attached hydrogens (primary N) is 1. The Balaban J connectivity index is 2.18. The van der Waals surface area contributed by atoms with E-state index in [0.29, 0.717) is 16.7 Å². The quantitative estimate of drug-likeness (QED) is 0.602. The van der Waals surface area contributed by atoms with Gasteiger partial charge in [-0.05, 0) is 30.7 Å². The third-order valence-electron chi connectivity index (χ3n) is 3.39. The van der Waals surface area contributed by atoms with Gasteiger partial charge in [0.2, 0.25) is 15.9 Å². The zero-order chi connectivity index (χ0) is 17.9. The summed E-state index contributed by atoms with van der Waals surface area (Å²) in [6.45, 7) is 1.51. The van der Waals surface area contributed by atoms with Crippen LogP contribution in [-0.2, 0) is 16.6 Å². The minimum atomic E-state index is -3.90. The van der Waals surface area contributed by atoms with E-state index in [9.17, 15) is 23.3 Å². The molecule has 1 amide bonds. The van der Waals surface area contributed by atoms with Gasteiger partial charge >= 0.3 is 0 Å². The molecule has 0 bridgehead atoms. The van der Waals surface area contributed by atoms with E-state index in [4.69, 9.17) is 5.73 Å². The first-order chi connectivity index (χ1) is 11.2. The number of benzene rings is 2. The maximum absolute atomic E-state index is 12.3. The number of hydrogen-bond donors (Lipinski definition) is 2. The zero-order valence-corrected chi connectivity index (χ0v) is 13.5. The van der Waals surface area contributed by atoms with E-state index < -0.39 is 20.9 Å². The van der Waals surface area contributed by atoms with E-state index in [1.54, 1.807) is 12.1 Å². The second kappa shape index (κ2) is 6.77. The van der Waals surface area contributed by atoms with Crippen molar-refractivity contribution in [2.75, 3.05) is 0 Å². The molecule has 126 valence electrons. The van der Waals surface area contributed by atoms with Crippen LogP contribution in [0.5, 0.6) is 0 Å². The van der Waals surface area contributed by atoms with Crippen molar-refractivity contribution in [2.24, 2.45) is 5.73 Å². The predicted molar refractivity (Wildman–Crippen MR) is 86.8 cm³/mol. The maximum Gasteiger partial charge on any atom is 0.273 e. The molecule has 0 aliphatic rings. The average molecular weight is 349 g/mol. The molecule has 8 nitrogen and oxygen atoms in total. The van der Waals surface area contributed by atoms with Gasteiger partial charge in [0.1, 0.15) is 0 Å². The highest BCUT2D eigenvalue weighted by molar-refractivity contribution is 7.89. The number of aryl methyl sites for hydroxylation is 1. The lowest BCUT2D eigenvalue weighted by Gasteiger charge is -2.08. The van der Waals surface area contributed by atoms with Crippen LogP contribution in [0.3, 0.4) is 0 Å². The summed E-state index contributed by atoms with van der Waals surface area (Å²) in [6.07, 6.45) is 0. The monoisotopic (exact) mass is 349 g/mol. The summed E-state index contributed by atoms with van der Waals surface area (Å²) in [5, 5.41) is 10.9. The Bertz CT molecular complexity index is 892. The number of carbonyl (C=O) groups is 1. The molecule has 0 heterocycles. The van der Waals surface area contributed by atoms with Crippen LogP contribution in [0.1, 0.15) is 21.5 Å². The fraction of sp³-hybridized carbons (Fsp3) is 0.133. The van der Waals surface area contributed by atoms with Crippen LogP contribution < -0.4 is 10.5 Å². The molecule has 0 aliphatic carbocycles. The first kappa shape index (κ1) is 17.6. The van der Waals surface area contributed by atoms with Gasteiger partial charge in [-0.2, -0.15) is 0 Å². The standard InChI is InChI=1S/C15H15N3O5S/c1-10-2-7-13(8-14(10)18(20)21)24(22,23)17-9-11-3-5-12(6-4-11)15(16)19/h2-8,17H,9H2,1H3,(H2,16,19). The fourth-order valence-electron chi connectivity index (χ4n) is 2.00. The third kappa shape index (κ3) is 3.94. The normalized spacial score (nSPS) is 11.2. The summed E-state index contributed by atoms with van der Waals surface area (Å²) in [7, 11) is -3.90. The molecule has 9 heteroatoms. The number of hydrogen-bond acceptors (Lipinski definition) is 5.